The average molecular weight is 271 g/mol. The second-order valence-corrected chi connectivity index (χ2v) is 5.42. The normalized spacial score (nSPS) is 15.0. The van der Waals surface area contributed by atoms with Crippen molar-refractivity contribution in [2.75, 3.05) is 18.0 Å². The van der Waals surface area contributed by atoms with Gasteiger partial charge in [-0.25, -0.2) is 4.79 Å². The number of rotatable bonds is 2. The van der Waals surface area contributed by atoms with Crippen molar-refractivity contribution in [2.45, 2.75) is 26.7 Å². The van der Waals surface area contributed by atoms with E-state index in [1.54, 1.807) is 0 Å². The highest BCUT2D eigenvalue weighted by Crippen LogP contribution is 2.33. The van der Waals surface area contributed by atoms with Gasteiger partial charge in [-0.1, -0.05) is 6.07 Å². The first-order valence-corrected chi connectivity index (χ1v) is 6.90. The van der Waals surface area contributed by atoms with Crippen LogP contribution in [0.2, 0.25) is 0 Å². The van der Waals surface area contributed by atoms with Crippen LogP contribution in [0.3, 0.4) is 0 Å². The molecule has 0 radical (unpaired) electrons. The van der Waals surface area contributed by atoms with Gasteiger partial charge in [0.25, 0.3) is 0 Å². The van der Waals surface area contributed by atoms with Crippen molar-refractivity contribution in [1.82, 2.24) is 0 Å². The van der Waals surface area contributed by atoms with Gasteiger partial charge in [-0.15, -0.1) is 0 Å². The second-order valence-electron chi connectivity index (χ2n) is 5.42. The lowest BCUT2D eigenvalue weighted by Gasteiger charge is -2.21. The Labute approximate surface area is 117 Å². The standard InChI is InChI=1S/C16H17NO3/c1-10-7-11(2)14-13(8-10)20-16(19)12(9-18)15(14)17-5-3-4-6-17/h7-9H,3-6H2,1-2H3. The van der Waals surface area contributed by atoms with E-state index in [9.17, 15) is 9.59 Å². The van der Waals surface area contributed by atoms with Crippen molar-refractivity contribution in [1.29, 1.82) is 0 Å². The molecule has 0 saturated carbocycles. The molecule has 0 bridgehead atoms. The topological polar surface area (TPSA) is 50.5 Å². The van der Waals surface area contributed by atoms with Gasteiger partial charge in [0, 0.05) is 18.5 Å². The van der Waals surface area contributed by atoms with E-state index in [-0.39, 0.29) is 5.56 Å². The highest BCUT2D eigenvalue weighted by molar-refractivity contribution is 6.01. The minimum absolute atomic E-state index is 0.145. The molecule has 0 unspecified atom stereocenters. The number of carbonyl (C=O) groups excluding carboxylic acids is 1. The maximum absolute atomic E-state index is 12.0. The molecule has 0 atom stereocenters. The van der Waals surface area contributed by atoms with Crippen LogP contribution in [-0.4, -0.2) is 19.4 Å². The number of hydrogen-bond acceptors (Lipinski definition) is 4. The summed E-state index contributed by atoms with van der Waals surface area (Å²) in [6.45, 7) is 5.72. The third-order valence-electron chi connectivity index (χ3n) is 3.90. The van der Waals surface area contributed by atoms with E-state index in [0.29, 0.717) is 11.9 Å². The van der Waals surface area contributed by atoms with Crippen LogP contribution in [0.25, 0.3) is 11.0 Å². The van der Waals surface area contributed by atoms with Crippen LogP contribution in [-0.2, 0) is 0 Å². The summed E-state index contributed by atoms with van der Waals surface area (Å²) in [5, 5.41) is 0.888. The van der Waals surface area contributed by atoms with Crippen molar-refractivity contribution in [3.05, 3.63) is 39.2 Å². The van der Waals surface area contributed by atoms with Crippen LogP contribution in [0, 0.1) is 13.8 Å². The molecule has 20 heavy (non-hydrogen) atoms. The van der Waals surface area contributed by atoms with Crippen LogP contribution in [0.4, 0.5) is 5.69 Å². The van der Waals surface area contributed by atoms with Gasteiger partial charge in [-0.3, -0.25) is 4.79 Å². The first-order valence-electron chi connectivity index (χ1n) is 6.90. The fourth-order valence-corrected chi connectivity index (χ4v) is 3.07. The molecule has 4 heteroatoms. The molecular formula is C16H17NO3. The highest BCUT2D eigenvalue weighted by Gasteiger charge is 2.23. The van der Waals surface area contributed by atoms with Crippen molar-refractivity contribution in [2.24, 2.45) is 0 Å². The maximum Gasteiger partial charge on any atom is 0.349 e. The summed E-state index contributed by atoms with van der Waals surface area (Å²) in [6.07, 6.45) is 2.80. The largest absolute Gasteiger partial charge is 0.422 e. The number of benzene rings is 1. The molecule has 0 spiro atoms. The minimum atomic E-state index is -0.542. The van der Waals surface area contributed by atoms with Gasteiger partial charge in [-0.05, 0) is 43.9 Å². The summed E-state index contributed by atoms with van der Waals surface area (Å²) in [7, 11) is 0. The first kappa shape index (κ1) is 12.9. The number of nitrogens with zero attached hydrogens (tertiary/aromatic N) is 1. The molecule has 1 aromatic carbocycles. The van der Waals surface area contributed by atoms with E-state index in [4.69, 9.17) is 4.42 Å². The Morgan fingerprint density at radius 3 is 2.55 bits per heavy atom. The molecule has 2 aromatic rings. The second kappa shape index (κ2) is 4.78. The summed E-state index contributed by atoms with van der Waals surface area (Å²) in [5.74, 6) is 0. The van der Waals surface area contributed by atoms with Crippen LogP contribution >= 0.6 is 0 Å². The third kappa shape index (κ3) is 1.92. The lowest BCUT2D eigenvalue weighted by atomic mass is 10.0. The zero-order valence-corrected chi connectivity index (χ0v) is 11.7. The number of anilines is 1. The number of fused-ring (bicyclic) bond motifs is 1. The van der Waals surface area contributed by atoms with Gasteiger partial charge in [0.1, 0.15) is 11.1 Å². The monoisotopic (exact) mass is 271 g/mol. The molecular weight excluding hydrogens is 254 g/mol. The van der Waals surface area contributed by atoms with E-state index in [1.165, 1.54) is 0 Å². The highest BCUT2D eigenvalue weighted by atomic mass is 16.4. The SMILES string of the molecule is Cc1cc(C)c2c(N3CCCC3)c(C=O)c(=O)oc2c1. The van der Waals surface area contributed by atoms with E-state index in [2.05, 4.69) is 11.0 Å². The Morgan fingerprint density at radius 1 is 1.20 bits per heavy atom. The lowest BCUT2D eigenvalue weighted by Crippen LogP contribution is -2.23. The lowest BCUT2D eigenvalue weighted by molar-refractivity contribution is 0.112. The van der Waals surface area contributed by atoms with E-state index < -0.39 is 5.63 Å². The summed E-state index contributed by atoms with van der Waals surface area (Å²) < 4.78 is 5.33. The number of aldehydes is 1. The minimum Gasteiger partial charge on any atom is -0.422 e. The Bertz CT molecular complexity index is 739. The predicted molar refractivity (Wildman–Crippen MR) is 78.8 cm³/mol. The van der Waals surface area contributed by atoms with E-state index >= 15 is 0 Å². The van der Waals surface area contributed by atoms with Crippen molar-refractivity contribution < 1.29 is 9.21 Å². The molecule has 104 valence electrons. The van der Waals surface area contributed by atoms with E-state index in [1.807, 2.05) is 19.9 Å². The molecule has 0 amide bonds. The summed E-state index contributed by atoms with van der Waals surface area (Å²) in [6, 6.07) is 3.91. The molecule has 1 saturated heterocycles. The van der Waals surface area contributed by atoms with Gasteiger partial charge in [0.15, 0.2) is 6.29 Å². The quantitative estimate of drug-likeness (QED) is 0.622. The molecule has 1 fully saturated rings. The Hall–Kier alpha value is -2.10. The van der Waals surface area contributed by atoms with Crippen molar-refractivity contribution in [3.8, 4) is 0 Å². The van der Waals surface area contributed by atoms with Crippen LogP contribution in [0.15, 0.2) is 21.3 Å². The molecule has 0 N–H and O–H groups in total. The molecule has 1 aliphatic rings. The zero-order chi connectivity index (χ0) is 14.3. The molecule has 4 nitrogen and oxygen atoms in total. The maximum atomic E-state index is 12.0. The summed E-state index contributed by atoms with van der Waals surface area (Å²) >= 11 is 0. The fourth-order valence-electron chi connectivity index (χ4n) is 3.07. The Balaban J connectivity index is 2.43. The van der Waals surface area contributed by atoms with Gasteiger partial charge >= 0.3 is 5.63 Å². The van der Waals surface area contributed by atoms with Crippen molar-refractivity contribution >= 4 is 22.9 Å². The van der Waals surface area contributed by atoms with Gasteiger partial charge in [-0.2, -0.15) is 0 Å². The average Bonchev–Trinajstić information content (AvgIpc) is 2.90. The van der Waals surface area contributed by atoms with Crippen LogP contribution in [0.1, 0.15) is 34.3 Å². The van der Waals surface area contributed by atoms with Crippen LogP contribution < -0.4 is 10.5 Å². The Kier molecular flexibility index (Phi) is 3.08. The van der Waals surface area contributed by atoms with Crippen LogP contribution in [0.5, 0.6) is 0 Å². The van der Waals surface area contributed by atoms with Gasteiger partial charge in [0.05, 0.1) is 5.69 Å². The number of aryl methyl sites for hydroxylation is 2. The summed E-state index contributed by atoms with van der Waals surface area (Å²) in [5.41, 5.74) is 3.00. The smallest absolute Gasteiger partial charge is 0.349 e. The molecule has 2 heterocycles. The Morgan fingerprint density at radius 2 is 1.90 bits per heavy atom. The fraction of sp³-hybridized carbons (Fsp3) is 0.375. The molecule has 1 aliphatic heterocycles. The first-order chi connectivity index (χ1) is 9.61. The van der Waals surface area contributed by atoms with Gasteiger partial charge in [0.2, 0.25) is 0 Å². The van der Waals surface area contributed by atoms with Crippen molar-refractivity contribution in [3.63, 3.8) is 0 Å². The third-order valence-corrected chi connectivity index (χ3v) is 3.90. The zero-order valence-electron chi connectivity index (χ0n) is 11.7. The number of hydrogen-bond donors (Lipinski definition) is 0. The predicted octanol–water partition coefficient (Wildman–Crippen LogP) is 2.82. The number of carbonyl (C=O) groups is 1. The summed E-state index contributed by atoms with van der Waals surface area (Å²) in [4.78, 5) is 25.5. The van der Waals surface area contributed by atoms with E-state index in [0.717, 1.165) is 48.1 Å². The molecule has 1 aromatic heterocycles. The van der Waals surface area contributed by atoms with Gasteiger partial charge < -0.3 is 9.32 Å². The molecule has 0 aliphatic carbocycles. The molecule has 3 rings (SSSR count).